The molecule has 3 rings (SSSR count). The summed E-state index contributed by atoms with van der Waals surface area (Å²) in [6.07, 6.45) is 0. The van der Waals surface area contributed by atoms with Crippen molar-refractivity contribution in [3.05, 3.63) is 71.3 Å². The fraction of sp³-hybridized carbons (Fsp3) is 0.320. The van der Waals surface area contributed by atoms with Crippen LogP contribution in [0.1, 0.15) is 63.0 Å². The standard InChI is InChI=1S/C25H29NO2/c1-24(2,3)19-14-17(15-20(22(19)27)25(4,5)6)23(28)26-21-13-9-11-16-10-7-8-12-18(16)21/h7-15,27H,1-6H3,(H,26,28). The van der Waals surface area contributed by atoms with E-state index in [2.05, 4.69) is 5.32 Å². The van der Waals surface area contributed by atoms with Crippen LogP contribution in [0.5, 0.6) is 5.75 Å². The second kappa shape index (κ2) is 6.97. The zero-order chi connectivity index (χ0) is 20.7. The van der Waals surface area contributed by atoms with Crippen LogP contribution < -0.4 is 5.32 Å². The summed E-state index contributed by atoms with van der Waals surface area (Å²) in [5, 5.41) is 16.0. The maximum Gasteiger partial charge on any atom is 0.255 e. The number of rotatable bonds is 2. The normalized spacial score (nSPS) is 12.2. The van der Waals surface area contributed by atoms with Gasteiger partial charge in [0.05, 0.1) is 0 Å². The number of phenols is 1. The van der Waals surface area contributed by atoms with Gasteiger partial charge in [0, 0.05) is 27.8 Å². The molecule has 0 aliphatic rings. The van der Waals surface area contributed by atoms with Gasteiger partial charge < -0.3 is 10.4 Å². The van der Waals surface area contributed by atoms with Crippen molar-refractivity contribution in [1.29, 1.82) is 0 Å². The van der Waals surface area contributed by atoms with E-state index < -0.39 is 0 Å². The van der Waals surface area contributed by atoms with Crippen LogP contribution in [0.25, 0.3) is 10.8 Å². The average Bonchev–Trinajstić information content (AvgIpc) is 2.60. The van der Waals surface area contributed by atoms with E-state index in [1.165, 1.54) is 0 Å². The lowest BCUT2D eigenvalue weighted by Crippen LogP contribution is -2.20. The summed E-state index contributed by atoms with van der Waals surface area (Å²) in [6.45, 7) is 12.3. The zero-order valence-electron chi connectivity index (χ0n) is 17.6. The van der Waals surface area contributed by atoms with Gasteiger partial charge in [-0.3, -0.25) is 4.79 Å². The lowest BCUT2D eigenvalue weighted by Gasteiger charge is -2.28. The Hall–Kier alpha value is -2.81. The molecule has 0 fully saturated rings. The number of phenolic OH excluding ortho intramolecular Hbond substituents is 1. The van der Waals surface area contributed by atoms with Gasteiger partial charge in [0.2, 0.25) is 0 Å². The molecule has 146 valence electrons. The number of nitrogens with one attached hydrogen (secondary N) is 1. The highest BCUT2D eigenvalue weighted by Gasteiger charge is 2.27. The van der Waals surface area contributed by atoms with Crippen LogP contribution in [0.3, 0.4) is 0 Å². The van der Waals surface area contributed by atoms with Gasteiger partial charge in [-0.1, -0.05) is 77.9 Å². The highest BCUT2D eigenvalue weighted by molar-refractivity contribution is 6.09. The summed E-state index contributed by atoms with van der Waals surface area (Å²) in [6, 6.07) is 17.5. The Morgan fingerprint density at radius 3 is 1.93 bits per heavy atom. The smallest absolute Gasteiger partial charge is 0.255 e. The molecule has 0 saturated carbocycles. The summed E-state index contributed by atoms with van der Waals surface area (Å²) < 4.78 is 0. The third kappa shape index (κ3) is 3.89. The van der Waals surface area contributed by atoms with Crippen molar-refractivity contribution in [3.8, 4) is 5.75 Å². The number of fused-ring (bicyclic) bond motifs is 1. The molecule has 0 heterocycles. The number of amides is 1. The van der Waals surface area contributed by atoms with E-state index in [4.69, 9.17) is 0 Å². The van der Waals surface area contributed by atoms with Gasteiger partial charge in [-0.25, -0.2) is 0 Å². The Morgan fingerprint density at radius 1 is 0.821 bits per heavy atom. The first-order chi connectivity index (χ1) is 13.0. The molecule has 3 aromatic rings. The second-order valence-corrected chi connectivity index (χ2v) is 9.40. The van der Waals surface area contributed by atoms with Crippen molar-refractivity contribution < 1.29 is 9.90 Å². The largest absolute Gasteiger partial charge is 0.507 e. The summed E-state index contributed by atoms with van der Waals surface area (Å²) in [7, 11) is 0. The maximum absolute atomic E-state index is 13.1. The van der Waals surface area contributed by atoms with Crippen LogP contribution in [-0.2, 0) is 10.8 Å². The molecule has 0 spiro atoms. The Morgan fingerprint density at radius 2 is 1.36 bits per heavy atom. The molecule has 1 amide bonds. The number of anilines is 1. The van der Waals surface area contributed by atoms with Crippen LogP contribution in [-0.4, -0.2) is 11.0 Å². The zero-order valence-corrected chi connectivity index (χ0v) is 17.6. The number of hydrogen-bond acceptors (Lipinski definition) is 2. The van der Waals surface area contributed by atoms with Crippen LogP contribution in [0.2, 0.25) is 0 Å². The van der Waals surface area contributed by atoms with Crippen LogP contribution in [0, 0.1) is 0 Å². The molecule has 0 radical (unpaired) electrons. The average molecular weight is 376 g/mol. The lowest BCUT2D eigenvalue weighted by molar-refractivity contribution is 0.102. The van der Waals surface area contributed by atoms with E-state index in [9.17, 15) is 9.90 Å². The van der Waals surface area contributed by atoms with Crippen molar-refractivity contribution >= 4 is 22.4 Å². The van der Waals surface area contributed by atoms with E-state index in [0.29, 0.717) is 5.56 Å². The SMILES string of the molecule is CC(C)(C)c1cc(C(=O)Nc2cccc3ccccc23)cc(C(C)(C)C)c1O. The molecule has 0 aromatic heterocycles. The summed E-state index contributed by atoms with van der Waals surface area (Å²) in [5.74, 6) is 0.106. The Balaban J connectivity index is 2.08. The number of hydrogen-bond donors (Lipinski definition) is 2. The van der Waals surface area contributed by atoms with E-state index in [-0.39, 0.29) is 22.5 Å². The van der Waals surface area contributed by atoms with Crippen molar-refractivity contribution in [2.75, 3.05) is 5.32 Å². The van der Waals surface area contributed by atoms with Crippen LogP contribution in [0.15, 0.2) is 54.6 Å². The van der Waals surface area contributed by atoms with E-state index in [1.54, 1.807) is 0 Å². The molecule has 0 bridgehead atoms. The molecular weight excluding hydrogens is 346 g/mol. The first-order valence-electron chi connectivity index (χ1n) is 9.65. The van der Waals surface area contributed by atoms with Gasteiger partial charge in [-0.05, 0) is 34.4 Å². The predicted octanol–water partition coefficient (Wildman–Crippen LogP) is 6.39. The van der Waals surface area contributed by atoms with E-state index in [0.717, 1.165) is 27.6 Å². The molecule has 2 N–H and O–H groups in total. The summed E-state index contributed by atoms with van der Waals surface area (Å²) in [5.41, 5.74) is 2.34. The van der Waals surface area contributed by atoms with Gasteiger partial charge in [0.25, 0.3) is 5.91 Å². The van der Waals surface area contributed by atoms with Crippen molar-refractivity contribution in [1.82, 2.24) is 0 Å². The van der Waals surface area contributed by atoms with E-state index in [1.807, 2.05) is 96.1 Å². The minimum Gasteiger partial charge on any atom is -0.507 e. The number of aromatic hydroxyl groups is 1. The molecule has 3 heteroatoms. The van der Waals surface area contributed by atoms with Gasteiger partial charge in [0.15, 0.2) is 0 Å². The third-order valence-electron chi connectivity index (χ3n) is 5.03. The quantitative estimate of drug-likeness (QED) is 0.545. The highest BCUT2D eigenvalue weighted by Crippen LogP contribution is 2.40. The van der Waals surface area contributed by atoms with Crippen molar-refractivity contribution in [2.24, 2.45) is 0 Å². The Kier molecular flexibility index (Phi) is 4.97. The van der Waals surface area contributed by atoms with Crippen molar-refractivity contribution in [2.45, 2.75) is 52.4 Å². The minimum absolute atomic E-state index is 0.174. The second-order valence-electron chi connectivity index (χ2n) is 9.40. The molecule has 0 atom stereocenters. The fourth-order valence-corrected chi connectivity index (χ4v) is 3.44. The summed E-state index contributed by atoms with van der Waals surface area (Å²) in [4.78, 5) is 13.1. The predicted molar refractivity (Wildman–Crippen MR) is 117 cm³/mol. The number of benzene rings is 3. The Bertz CT molecular complexity index is 996. The lowest BCUT2D eigenvalue weighted by atomic mass is 9.78. The van der Waals surface area contributed by atoms with Crippen LogP contribution in [0.4, 0.5) is 5.69 Å². The topological polar surface area (TPSA) is 49.3 Å². The van der Waals surface area contributed by atoms with Crippen molar-refractivity contribution in [3.63, 3.8) is 0 Å². The molecule has 0 unspecified atom stereocenters. The van der Waals surface area contributed by atoms with Gasteiger partial charge in [0.1, 0.15) is 5.75 Å². The molecule has 3 nitrogen and oxygen atoms in total. The molecule has 0 saturated heterocycles. The molecule has 3 aromatic carbocycles. The molecule has 0 aliphatic heterocycles. The maximum atomic E-state index is 13.1. The monoisotopic (exact) mass is 375 g/mol. The first-order valence-corrected chi connectivity index (χ1v) is 9.65. The van der Waals surface area contributed by atoms with Crippen LogP contribution >= 0.6 is 0 Å². The Labute approximate surface area is 167 Å². The van der Waals surface area contributed by atoms with Gasteiger partial charge in [-0.2, -0.15) is 0 Å². The third-order valence-corrected chi connectivity index (χ3v) is 5.03. The fourth-order valence-electron chi connectivity index (χ4n) is 3.44. The molecule has 0 aliphatic carbocycles. The number of carbonyl (C=O) groups is 1. The highest BCUT2D eigenvalue weighted by atomic mass is 16.3. The van der Waals surface area contributed by atoms with E-state index >= 15 is 0 Å². The summed E-state index contributed by atoms with van der Waals surface area (Å²) >= 11 is 0. The number of carbonyl (C=O) groups excluding carboxylic acids is 1. The first kappa shape index (κ1) is 19.9. The molecule has 28 heavy (non-hydrogen) atoms. The molecular formula is C25H29NO2. The minimum atomic E-state index is -0.278. The van der Waals surface area contributed by atoms with Gasteiger partial charge >= 0.3 is 0 Å². The van der Waals surface area contributed by atoms with Gasteiger partial charge in [-0.15, -0.1) is 0 Å².